The van der Waals surface area contributed by atoms with Crippen LogP contribution in [-0.4, -0.2) is 248 Å². The van der Waals surface area contributed by atoms with Gasteiger partial charge in [0.15, 0.2) is 5.78 Å². The van der Waals surface area contributed by atoms with Crippen LogP contribution in [0.25, 0.3) is 10.9 Å². The maximum atomic E-state index is 14.9. The van der Waals surface area contributed by atoms with Gasteiger partial charge in [-0.05, 0) is 75.3 Å². The molecule has 1 fully saturated rings. The number of aromatic nitrogens is 1. The molecule has 0 aliphatic carbocycles. The van der Waals surface area contributed by atoms with Gasteiger partial charge in [0.2, 0.25) is 82.7 Å². The van der Waals surface area contributed by atoms with Gasteiger partial charge >= 0.3 is 29.8 Å². The van der Waals surface area contributed by atoms with E-state index in [2.05, 4.69) is 72.0 Å². The Morgan fingerprint density at radius 3 is 1.69 bits per heavy atom. The summed E-state index contributed by atoms with van der Waals surface area (Å²) in [4.78, 5) is 277. The second-order valence-electron chi connectivity index (χ2n) is 28.6. The highest BCUT2D eigenvalue weighted by Crippen LogP contribution is 2.22. The number of carbonyl (C=O) groups is 20. The van der Waals surface area contributed by atoms with Gasteiger partial charge in [-0.1, -0.05) is 96.0 Å². The van der Waals surface area contributed by atoms with Crippen LogP contribution in [0.5, 0.6) is 0 Å². The van der Waals surface area contributed by atoms with Crippen molar-refractivity contribution in [3.63, 3.8) is 0 Å². The number of primary amides is 1. The number of aliphatic hydroxyl groups excluding tert-OH is 1. The number of hydrogen-bond donors (Lipinski definition) is 22. The molecule has 1 unspecified atom stereocenters. The summed E-state index contributed by atoms with van der Waals surface area (Å²) in [6.45, 7) is 3.37. The van der Waals surface area contributed by atoms with E-state index in [1.807, 2.05) is 16.0 Å². The monoisotopic (exact) mass is 1660 g/mol. The molecule has 0 saturated carbocycles. The van der Waals surface area contributed by atoms with Crippen LogP contribution >= 0.6 is 0 Å². The number of ketones is 1. The second kappa shape index (κ2) is 49.3. The Bertz CT molecular complexity index is 4120. The number of ether oxygens (including phenoxy) is 1. The number of fused-ring (bicyclic) bond motifs is 1. The number of carbonyl (C=O) groups excluding carboxylic acids is 16. The number of rotatable bonds is 37. The van der Waals surface area contributed by atoms with Gasteiger partial charge < -0.3 is 122 Å². The molecule has 2 aromatic carbocycles. The third-order valence-corrected chi connectivity index (χ3v) is 18.9. The normalized spacial score (nSPS) is 21.2. The lowest BCUT2D eigenvalue weighted by Gasteiger charge is -2.30. The average molecular weight is 1660 g/mol. The number of benzene rings is 2. The summed E-state index contributed by atoms with van der Waals surface area (Å²) in [6.07, 6.45) is -1.15. The summed E-state index contributed by atoms with van der Waals surface area (Å²) >= 11 is 0. The number of esters is 1. The van der Waals surface area contributed by atoms with Crippen LogP contribution in [0.2, 0.25) is 0 Å². The third-order valence-electron chi connectivity index (χ3n) is 18.9. The highest BCUT2D eigenvalue weighted by atomic mass is 16.5. The molecule has 2 heterocycles. The van der Waals surface area contributed by atoms with E-state index < -0.39 is 261 Å². The number of unbranched alkanes of at least 4 members (excludes halogenated alkanes) is 5. The molecule has 4 rings (SSSR count). The number of hydrogen-bond acceptors (Lipinski definition) is 24. The molecule has 0 radical (unpaired) electrons. The molecule has 648 valence electrons. The molecule has 1 aromatic heterocycles. The molecule has 0 spiro atoms. The van der Waals surface area contributed by atoms with Crippen LogP contribution in [0.15, 0.2) is 54.7 Å². The van der Waals surface area contributed by atoms with Crippen molar-refractivity contribution in [1.29, 1.82) is 0 Å². The number of nitrogens with one attached hydrogen (secondary N) is 14. The lowest BCUT2D eigenvalue weighted by molar-refractivity contribution is -0.156. The van der Waals surface area contributed by atoms with Gasteiger partial charge in [-0.3, -0.25) is 91.1 Å². The Kier molecular flexibility index (Phi) is 40.8. The number of nitrogens with two attached hydrogens (primary N) is 3. The van der Waals surface area contributed by atoms with E-state index in [4.69, 9.17) is 21.9 Å². The zero-order chi connectivity index (χ0) is 88.0. The maximum absolute atomic E-state index is 14.9. The zero-order valence-corrected chi connectivity index (χ0v) is 65.9. The molecule has 1 saturated heterocycles. The molecule has 14 amide bonds. The number of carboxylic acid groups (broad SMARTS) is 4. The Morgan fingerprint density at radius 1 is 0.551 bits per heavy atom. The number of Topliss-reactive ketones (excluding diaryl/α,β-unsaturated/α-hetero) is 1. The SMILES string of the molecule is CCC(C)CCCCCCCCC(=O)N[C@@H](Cc1c[nH]c2ccccc12)C(=O)N[C@@H](CC(N)=O)C(=O)N[C@@H](CC(=O)O)C(=O)N[C@@H]1C(=O)NCC(=O)N[C@@H](CCCN)C(=O)N[C@H](CC(=O)O)C(=O)N[C@H](C)C(=O)N[C@@H](CC(=O)O)C(=O)NCC(=O)N[C@@H](CO)C(=O)N[C@@H]([C@H](C)CC(=O)O)C(=O)N[C@H](CC(=O)c2ccccc2N)C(=O)O[C@@H]1C. The van der Waals surface area contributed by atoms with E-state index in [1.54, 1.807) is 30.5 Å². The number of aliphatic hydroxyl groups is 1. The van der Waals surface area contributed by atoms with Crippen molar-refractivity contribution >= 4 is 135 Å². The van der Waals surface area contributed by atoms with Gasteiger partial charge in [0.05, 0.1) is 51.8 Å². The minimum absolute atomic E-state index is 0.0195. The van der Waals surface area contributed by atoms with Crippen molar-refractivity contribution in [3.8, 4) is 0 Å². The molecule has 14 atom stereocenters. The van der Waals surface area contributed by atoms with Crippen LogP contribution in [0.4, 0.5) is 5.69 Å². The Morgan fingerprint density at radius 2 is 1.09 bits per heavy atom. The predicted molar refractivity (Wildman–Crippen MR) is 414 cm³/mol. The number of aliphatic carboxylic acids is 4. The van der Waals surface area contributed by atoms with Crippen molar-refractivity contribution < 1.29 is 126 Å². The lowest BCUT2D eigenvalue weighted by Crippen LogP contribution is -2.62. The topological polar surface area (TPSA) is 702 Å². The van der Waals surface area contributed by atoms with Gasteiger partial charge in [0.25, 0.3) is 0 Å². The summed E-state index contributed by atoms with van der Waals surface area (Å²) in [5, 5.41) is 78.8. The van der Waals surface area contributed by atoms with Crippen LogP contribution < -0.4 is 86.3 Å². The minimum atomic E-state index is -2.45. The van der Waals surface area contributed by atoms with Crippen molar-refractivity contribution in [2.75, 3.05) is 32.0 Å². The van der Waals surface area contributed by atoms with E-state index in [0.717, 1.165) is 59.3 Å². The number of anilines is 1. The molecule has 118 heavy (non-hydrogen) atoms. The number of amides is 14. The standard InChI is InChI=1S/C75H107N17O26/c1-6-37(2)18-11-9-7-8-10-12-24-56(96)84-47(27-41-33-79-45-22-16-14-19-42(41)45)69(111)87-48(29-55(78)95)70(112)89-51(32-62(105)106)71(113)92-64-40(5)118-75(117)52(28-54(94)43-20-13-15-21-44(43)77)90-74(116)63(38(3)26-59(99)100)91-72(114)53(36-93)85-58(98)34-80-66(108)49(30-60(101)102)86-65(107)39(4)82-68(110)50(31-61(103)104)88-67(109)46(23-17-25-76)83-57(97)35-81-73(64)115/h13-16,19-22,33,37-40,46-53,63-64,79,93H,6-12,17-18,23-32,34-36,76-77H2,1-5H3,(H2,78,95)(H,80,108)(H,81,115)(H,82,110)(H,83,97)(H,84,96)(H,85,98)(H,86,107)(H,87,111)(H,88,109)(H,89,112)(H,90,116)(H,91,114)(H,92,113)(H,99,100)(H,101,102)(H,103,104)(H,105,106)/t37?,38-,39-,40-,46+,47+,48+,49+,50-,51+,52-,53+,63+,64+/m1/s1. The predicted octanol–water partition coefficient (Wildman–Crippen LogP) is -4.60. The first-order valence-electron chi connectivity index (χ1n) is 38.2. The van der Waals surface area contributed by atoms with Gasteiger partial charge in [-0.2, -0.15) is 0 Å². The zero-order valence-electron chi connectivity index (χ0n) is 65.9. The molecule has 1 aliphatic heterocycles. The molecule has 1 aliphatic rings. The highest BCUT2D eigenvalue weighted by molar-refractivity contribution is 6.05. The third kappa shape index (κ3) is 33.6. The van der Waals surface area contributed by atoms with Gasteiger partial charge in [0, 0.05) is 47.6 Å². The number of nitrogen functional groups attached to an aromatic ring is 1. The highest BCUT2D eigenvalue weighted by Gasteiger charge is 2.41. The lowest BCUT2D eigenvalue weighted by atomic mass is 9.96. The van der Waals surface area contributed by atoms with Crippen molar-refractivity contribution in [1.82, 2.24) is 74.1 Å². The first-order valence-corrected chi connectivity index (χ1v) is 38.2. The van der Waals surface area contributed by atoms with E-state index >= 15 is 0 Å². The Balaban J connectivity index is 1.86. The molecule has 25 N–H and O–H groups in total. The molecular formula is C75H107N17O26. The van der Waals surface area contributed by atoms with Crippen molar-refractivity contribution in [3.05, 3.63) is 65.9 Å². The van der Waals surface area contributed by atoms with E-state index in [0.29, 0.717) is 35.2 Å². The van der Waals surface area contributed by atoms with E-state index in [1.165, 1.54) is 24.3 Å². The number of aromatic amines is 1. The molecule has 0 bridgehead atoms. The fourth-order valence-corrected chi connectivity index (χ4v) is 12.2. The quantitative estimate of drug-likeness (QED) is 0.0112. The summed E-state index contributed by atoms with van der Waals surface area (Å²) in [5.41, 5.74) is 18.1. The summed E-state index contributed by atoms with van der Waals surface area (Å²) < 4.78 is 5.69. The van der Waals surface area contributed by atoms with Gasteiger partial charge in [0.1, 0.15) is 72.6 Å². The maximum Gasteiger partial charge on any atom is 0.329 e. The average Bonchev–Trinajstić information content (AvgIpc) is 1.69. The summed E-state index contributed by atoms with van der Waals surface area (Å²) in [6, 6.07) is -10.5. The first kappa shape index (κ1) is 97.7. The minimum Gasteiger partial charge on any atom is -0.481 e. The van der Waals surface area contributed by atoms with Gasteiger partial charge in [-0.25, -0.2) is 4.79 Å². The fourth-order valence-electron chi connectivity index (χ4n) is 12.2. The fraction of sp³-hybridized carbons (Fsp3) is 0.547. The van der Waals surface area contributed by atoms with Crippen LogP contribution in [-0.2, 0) is 102 Å². The van der Waals surface area contributed by atoms with Crippen LogP contribution in [0.3, 0.4) is 0 Å². The Labute approximate surface area is 676 Å². The molecule has 43 nitrogen and oxygen atoms in total. The smallest absolute Gasteiger partial charge is 0.329 e. The second-order valence-corrected chi connectivity index (χ2v) is 28.6. The Hall–Kier alpha value is -12.7. The first-order chi connectivity index (χ1) is 55.7. The van der Waals surface area contributed by atoms with Crippen molar-refractivity contribution in [2.24, 2.45) is 23.3 Å². The van der Waals surface area contributed by atoms with Crippen LogP contribution in [0.1, 0.15) is 160 Å². The summed E-state index contributed by atoms with van der Waals surface area (Å²) in [7, 11) is 0. The number of H-pyrrole nitrogens is 1. The summed E-state index contributed by atoms with van der Waals surface area (Å²) in [5.74, 6) is -29.1. The number of carboxylic acids is 4. The molecule has 43 heteroatoms. The molecule has 3 aromatic rings. The van der Waals surface area contributed by atoms with E-state index in [9.17, 15) is 121 Å². The van der Waals surface area contributed by atoms with E-state index in [-0.39, 0.29) is 37.1 Å². The van der Waals surface area contributed by atoms with Crippen molar-refractivity contribution in [2.45, 2.75) is 223 Å². The largest absolute Gasteiger partial charge is 0.481 e. The number of cyclic esters (lactones) is 1. The molecular weight excluding hydrogens is 1550 g/mol. The van der Waals surface area contributed by atoms with Crippen LogP contribution in [0, 0.1) is 11.8 Å². The van der Waals surface area contributed by atoms with Gasteiger partial charge in [-0.15, -0.1) is 0 Å². The number of para-hydroxylation sites is 2.